The minimum Gasteiger partial charge on any atom is -0.365 e. The molecule has 0 saturated carbocycles. The third kappa shape index (κ3) is 1.50. The monoisotopic (exact) mass is 144 g/mol. The smallest absolute Gasteiger partial charge is 0.165 e. The Labute approximate surface area is 62.2 Å². The van der Waals surface area contributed by atoms with Crippen LogP contribution >= 0.6 is 0 Å². The topological polar surface area (TPSA) is 29.5 Å². The van der Waals surface area contributed by atoms with Gasteiger partial charge in [-0.25, -0.2) is 0 Å². The van der Waals surface area contributed by atoms with E-state index in [0.717, 1.165) is 12.8 Å². The summed E-state index contributed by atoms with van der Waals surface area (Å²) in [6.45, 7) is 5.76. The Morgan fingerprint density at radius 3 is 2.40 bits per heavy atom. The number of hydrogen-bond acceptors (Lipinski definition) is 2. The lowest BCUT2D eigenvalue weighted by Crippen LogP contribution is -2.43. The average Bonchev–Trinajstić information content (AvgIpc) is 1.78. The SMILES string of the molecule is CC1CCC(C)C(C)(O)O1. The molecule has 1 N–H and O–H groups in total. The maximum atomic E-state index is 9.59. The van der Waals surface area contributed by atoms with Gasteiger partial charge in [-0.05, 0) is 26.7 Å². The van der Waals surface area contributed by atoms with Crippen molar-refractivity contribution < 1.29 is 9.84 Å². The van der Waals surface area contributed by atoms with Crippen molar-refractivity contribution in [3.8, 4) is 0 Å². The van der Waals surface area contributed by atoms with Crippen molar-refractivity contribution in [1.29, 1.82) is 0 Å². The highest BCUT2D eigenvalue weighted by molar-refractivity contribution is 4.76. The maximum absolute atomic E-state index is 9.59. The summed E-state index contributed by atoms with van der Waals surface area (Å²) in [5.74, 6) is -0.624. The standard InChI is InChI=1S/C8H16O2/c1-6-4-5-7(2)10-8(6,3)9/h6-7,9H,4-5H2,1-3H3. The van der Waals surface area contributed by atoms with Gasteiger partial charge in [0.1, 0.15) is 0 Å². The van der Waals surface area contributed by atoms with Gasteiger partial charge in [-0.2, -0.15) is 0 Å². The van der Waals surface area contributed by atoms with Gasteiger partial charge in [0.15, 0.2) is 5.79 Å². The van der Waals surface area contributed by atoms with Gasteiger partial charge in [-0.3, -0.25) is 0 Å². The van der Waals surface area contributed by atoms with Crippen LogP contribution in [-0.4, -0.2) is 17.0 Å². The Balaban J connectivity index is 2.55. The van der Waals surface area contributed by atoms with E-state index >= 15 is 0 Å². The van der Waals surface area contributed by atoms with E-state index in [1.54, 1.807) is 6.92 Å². The fourth-order valence-electron chi connectivity index (χ4n) is 1.33. The fraction of sp³-hybridized carbons (Fsp3) is 1.00. The molecule has 0 bridgehead atoms. The molecule has 3 unspecified atom stereocenters. The molecule has 0 aromatic carbocycles. The van der Waals surface area contributed by atoms with Gasteiger partial charge >= 0.3 is 0 Å². The first-order valence-electron chi connectivity index (χ1n) is 3.92. The van der Waals surface area contributed by atoms with E-state index in [-0.39, 0.29) is 12.0 Å². The molecule has 0 radical (unpaired) electrons. The number of rotatable bonds is 0. The average molecular weight is 144 g/mol. The first-order chi connectivity index (χ1) is 4.52. The van der Waals surface area contributed by atoms with E-state index in [2.05, 4.69) is 0 Å². The second-order valence-electron chi connectivity index (χ2n) is 3.46. The lowest BCUT2D eigenvalue weighted by atomic mass is 9.92. The Hall–Kier alpha value is -0.0800. The molecule has 10 heavy (non-hydrogen) atoms. The molecular weight excluding hydrogens is 128 g/mol. The Bertz CT molecular complexity index is 120. The largest absolute Gasteiger partial charge is 0.365 e. The minimum atomic E-state index is -0.891. The van der Waals surface area contributed by atoms with Crippen LogP contribution in [0.2, 0.25) is 0 Å². The summed E-state index contributed by atoms with van der Waals surface area (Å²) in [5.41, 5.74) is 0. The van der Waals surface area contributed by atoms with Crippen LogP contribution in [0.1, 0.15) is 33.6 Å². The molecule has 1 aliphatic rings. The third-order valence-corrected chi connectivity index (χ3v) is 2.36. The molecule has 0 amide bonds. The normalized spacial score (nSPS) is 49.2. The van der Waals surface area contributed by atoms with Crippen LogP contribution in [0.5, 0.6) is 0 Å². The quantitative estimate of drug-likeness (QED) is 0.558. The predicted molar refractivity (Wildman–Crippen MR) is 39.6 cm³/mol. The molecular formula is C8H16O2. The summed E-state index contributed by atoms with van der Waals surface area (Å²) in [7, 11) is 0. The van der Waals surface area contributed by atoms with Crippen LogP contribution < -0.4 is 0 Å². The van der Waals surface area contributed by atoms with Gasteiger partial charge in [0, 0.05) is 5.92 Å². The Morgan fingerprint density at radius 1 is 1.40 bits per heavy atom. The van der Waals surface area contributed by atoms with E-state index in [4.69, 9.17) is 4.74 Å². The lowest BCUT2D eigenvalue weighted by Gasteiger charge is -2.38. The summed E-state index contributed by atoms with van der Waals surface area (Å²) in [4.78, 5) is 0. The van der Waals surface area contributed by atoms with E-state index in [9.17, 15) is 5.11 Å². The molecule has 0 aromatic rings. The van der Waals surface area contributed by atoms with Crippen molar-refractivity contribution in [3.63, 3.8) is 0 Å². The molecule has 1 saturated heterocycles. The van der Waals surface area contributed by atoms with Crippen LogP contribution in [0.15, 0.2) is 0 Å². The summed E-state index contributed by atoms with van der Waals surface area (Å²) in [5, 5.41) is 9.59. The van der Waals surface area contributed by atoms with Gasteiger partial charge in [0.25, 0.3) is 0 Å². The van der Waals surface area contributed by atoms with Crippen molar-refractivity contribution in [2.45, 2.75) is 45.5 Å². The second-order valence-corrected chi connectivity index (χ2v) is 3.46. The molecule has 2 heteroatoms. The molecule has 60 valence electrons. The Kier molecular flexibility index (Phi) is 2.02. The summed E-state index contributed by atoms with van der Waals surface area (Å²) in [6, 6.07) is 0. The van der Waals surface area contributed by atoms with E-state index in [1.165, 1.54) is 0 Å². The predicted octanol–water partition coefficient (Wildman–Crippen LogP) is 1.53. The zero-order chi connectivity index (χ0) is 7.78. The lowest BCUT2D eigenvalue weighted by molar-refractivity contribution is -0.264. The fourth-order valence-corrected chi connectivity index (χ4v) is 1.33. The van der Waals surface area contributed by atoms with E-state index in [1.807, 2.05) is 13.8 Å². The van der Waals surface area contributed by atoms with Gasteiger partial charge in [-0.1, -0.05) is 6.92 Å². The first kappa shape index (κ1) is 8.02. The van der Waals surface area contributed by atoms with E-state index in [0.29, 0.717) is 0 Å². The van der Waals surface area contributed by atoms with Crippen LogP contribution in [0, 0.1) is 5.92 Å². The molecule has 1 fully saturated rings. The van der Waals surface area contributed by atoms with Gasteiger partial charge in [0.2, 0.25) is 0 Å². The first-order valence-corrected chi connectivity index (χ1v) is 3.92. The highest BCUT2D eigenvalue weighted by atomic mass is 16.6. The molecule has 0 aliphatic carbocycles. The van der Waals surface area contributed by atoms with Crippen molar-refractivity contribution in [3.05, 3.63) is 0 Å². The highest BCUT2D eigenvalue weighted by Crippen LogP contribution is 2.30. The van der Waals surface area contributed by atoms with Crippen molar-refractivity contribution in [2.75, 3.05) is 0 Å². The molecule has 1 heterocycles. The second kappa shape index (κ2) is 2.51. The van der Waals surface area contributed by atoms with Gasteiger partial charge < -0.3 is 9.84 Å². The Morgan fingerprint density at radius 2 is 2.00 bits per heavy atom. The van der Waals surface area contributed by atoms with Crippen LogP contribution in [0.25, 0.3) is 0 Å². The zero-order valence-electron chi connectivity index (χ0n) is 6.92. The number of aliphatic hydroxyl groups is 1. The van der Waals surface area contributed by atoms with Crippen molar-refractivity contribution in [2.24, 2.45) is 5.92 Å². The van der Waals surface area contributed by atoms with Crippen molar-refractivity contribution in [1.82, 2.24) is 0 Å². The van der Waals surface area contributed by atoms with Crippen molar-refractivity contribution >= 4 is 0 Å². The minimum absolute atomic E-state index is 0.214. The number of hydrogen-bond donors (Lipinski definition) is 1. The molecule has 1 aliphatic heterocycles. The molecule has 0 spiro atoms. The maximum Gasteiger partial charge on any atom is 0.165 e. The summed E-state index contributed by atoms with van der Waals surface area (Å²) in [6.07, 6.45) is 2.34. The molecule has 3 atom stereocenters. The zero-order valence-corrected chi connectivity index (χ0v) is 6.92. The van der Waals surface area contributed by atoms with Crippen LogP contribution in [-0.2, 0) is 4.74 Å². The molecule has 0 aromatic heterocycles. The molecule has 2 nitrogen and oxygen atoms in total. The third-order valence-electron chi connectivity index (χ3n) is 2.36. The summed E-state index contributed by atoms with van der Waals surface area (Å²) >= 11 is 0. The van der Waals surface area contributed by atoms with Gasteiger partial charge in [-0.15, -0.1) is 0 Å². The highest BCUT2D eigenvalue weighted by Gasteiger charge is 2.34. The van der Waals surface area contributed by atoms with Crippen LogP contribution in [0.4, 0.5) is 0 Å². The molecule has 1 rings (SSSR count). The summed E-state index contributed by atoms with van der Waals surface area (Å²) < 4.78 is 5.34. The van der Waals surface area contributed by atoms with Crippen LogP contribution in [0.3, 0.4) is 0 Å². The number of ether oxygens (including phenoxy) is 1. The van der Waals surface area contributed by atoms with Gasteiger partial charge in [0.05, 0.1) is 6.10 Å². The van der Waals surface area contributed by atoms with E-state index < -0.39 is 5.79 Å².